The van der Waals surface area contributed by atoms with Crippen molar-refractivity contribution in [3.63, 3.8) is 0 Å². The third-order valence-corrected chi connectivity index (χ3v) is 7.84. The van der Waals surface area contributed by atoms with E-state index < -0.39 is 11.8 Å². The van der Waals surface area contributed by atoms with E-state index in [-0.39, 0.29) is 17.1 Å². The Morgan fingerprint density at radius 2 is 1.83 bits per heavy atom. The number of nitrogens with zero attached hydrogens (tertiary/aromatic N) is 2. The van der Waals surface area contributed by atoms with Crippen LogP contribution in [-0.2, 0) is 9.59 Å². The molecule has 1 aliphatic carbocycles. The first kappa shape index (κ1) is 24.2. The number of nitrogens with one attached hydrogen (secondary N) is 1. The highest BCUT2D eigenvalue weighted by Gasteiger charge is 2.48. The zero-order chi connectivity index (χ0) is 25.6. The molecule has 0 radical (unpaired) electrons. The Kier molecular flexibility index (Phi) is 6.16. The molecule has 3 aromatic rings. The molecule has 1 aliphatic heterocycles. The number of carbonyl (C=O) groups is 2. The van der Waals surface area contributed by atoms with Crippen molar-refractivity contribution in [3.05, 3.63) is 59.3 Å². The standard InChI is InChI=1S/C28H29N3O4S/c1-15-22(26(33)31-27-30-17-10-6-7-12-21(17)36-27)23(16-9-8-11-20(34-4)25(16)35-5)24-18(29-15)13-28(2,3)14-19(24)32/h6-12,23-24H,13-14H2,1-5H3,(H,30,31,33). The van der Waals surface area contributed by atoms with Gasteiger partial charge >= 0.3 is 0 Å². The lowest BCUT2D eigenvalue weighted by atomic mass is 9.63. The van der Waals surface area contributed by atoms with Gasteiger partial charge in [0, 0.05) is 34.9 Å². The van der Waals surface area contributed by atoms with Crippen molar-refractivity contribution in [1.29, 1.82) is 0 Å². The predicted molar refractivity (Wildman–Crippen MR) is 142 cm³/mol. The number of allylic oxidation sites excluding steroid dienone is 1. The van der Waals surface area contributed by atoms with E-state index in [0.717, 1.165) is 21.5 Å². The van der Waals surface area contributed by atoms with Gasteiger partial charge < -0.3 is 9.47 Å². The van der Waals surface area contributed by atoms with Crippen LogP contribution in [0.2, 0.25) is 0 Å². The first-order valence-corrected chi connectivity index (χ1v) is 12.7. The van der Waals surface area contributed by atoms with Crippen LogP contribution in [0.1, 0.15) is 45.1 Å². The largest absolute Gasteiger partial charge is 0.493 e. The average Bonchev–Trinajstić information content (AvgIpc) is 3.23. The highest BCUT2D eigenvalue weighted by molar-refractivity contribution is 7.22. The van der Waals surface area contributed by atoms with Crippen molar-refractivity contribution in [3.8, 4) is 11.5 Å². The Hall–Kier alpha value is -3.52. The first-order valence-electron chi connectivity index (χ1n) is 11.9. The van der Waals surface area contributed by atoms with Gasteiger partial charge in [0.15, 0.2) is 16.6 Å². The van der Waals surface area contributed by atoms with Gasteiger partial charge in [-0.1, -0.05) is 49.4 Å². The Labute approximate surface area is 214 Å². The third kappa shape index (κ3) is 4.19. The summed E-state index contributed by atoms with van der Waals surface area (Å²) < 4.78 is 12.3. The maximum absolute atomic E-state index is 13.8. The van der Waals surface area contributed by atoms with E-state index in [9.17, 15) is 9.59 Å². The summed E-state index contributed by atoms with van der Waals surface area (Å²) in [7, 11) is 3.15. The van der Waals surface area contributed by atoms with Crippen LogP contribution in [0.3, 0.4) is 0 Å². The van der Waals surface area contributed by atoms with Crippen molar-refractivity contribution in [2.24, 2.45) is 16.3 Å². The van der Waals surface area contributed by atoms with E-state index in [1.54, 1.807) is 14.2 Å². The van der Waals surface area contributed by atoms with Crippen LogP contribution in [0.5, 0.6) is 11.5 Å². The number of amides is 1. The van der Waals surface area contributed by atoms with Crippen molar-refractivity contribution in [2.75, 3.05) is 19.5 Å². The normalized spacial score (nSPS) is 21.1. The number of carbonyl (C=O) groups excluding carboxylic acids is 2. The van der Waals surface area contributed by atoms with E-state index in [4.69, 9.17) is 14.5 Å². The lowest BCUT2D eigenvalue weighted by Gasteiger charge is -2.41. The van der Waals surface area contributed by atoms with Crippen molar-refractivity contribution in [2.45, 2.75) is 39.5 Å². The Morgan fingerprint density at radius 1 is 1.06 bits per heavy atom. The molecule has 2 aliphatic rings. The molecule has 0 saturated heterocycles. The van der Waals surface area contributed by atoms with Crippen LogP contribution in [0.15, 0.2) is 58.7 Å². The molecule has 2 unspecified atom stereocenters. The number of ketones is 1. The number of para-hydroxylation sites is 2. The second kappa shape index (κ2) is 9.17. The number of hydrogen-bond acceptors (Lipinski definition) is 7. The molecule has 2 atom stereocenters. The zero-order valence-corrected chi connectivity index (χ0v) is 21.9. The van der Waals surface area contributed by atoms with Gasteiger partial charge in [-0.25, -0.2) is 4.98 Å². The molecule has 8 heteroatoms. The van der Waals surface area contributed by atoms with Gasteiger partial charge in [-0.2, -0.15) is 0 Å². The number of aliphatic imine (C=N–C) groups is 1. The van der Waals surface area contributed by atoms with E-state index >= 15 is 0 Å². The number of fused-ring (bicyclic) bond motifs is 2. The van der Waals surface area contributed by atoms with Crippen molar-refractivity contribution < 1.29 is 19.1 Å². The minimum Gasteiger partial charge on any atom is -0.493 e. The summed E-state index contributed by atoms with van der Waals surface area (Å²) in [5.41, 5.74) is 3.23. The molecule has 5 rings (SSSR count). The predicted octanol–water partition coefficient (Wildman–Crippen LogP) is 5.77. The van der Waals surface area contributed by atoms with Crippen LogP contribution in [0, 0.1) is 11.3 Å². The molecule has 0 spiro atoms. The summed E-state index contributed by atoms with van der Waals surface area (Å²) >= 11 is 1.41. The highest BCUT2D eigenvalue weighted by atomic mass is 32.1. The second-order valence-corrected chi connectivity index (χ2v) is 11.1. The van der Waals surface area contributed by atoms with E-state index in [1.165, 1.54) is 11.3 Å². The SMILES string of the molecule is COc1cccc(C2C(C(=O)Nc3nc4ccccc4s3)=C(C)N=C3CC(C)(C)CC(=O)C32)c1OC. The van der Waals surface area contributed by atoms with Gasteiger partial charge in [-0.15, -0.1) is 0 Å². The molecule has 7 nitrogen and oxygen atoms in total. The summed E-state index contributed by atoms with van der Waals surface area (Å²) in [6, 6.07) is 13.3. The van der Waals surface area contributed by atoms with E-state index in [0.29, 0.717) is 40.7 Å². The van der Waals surface area contributed by atoms with Crippen molar-refractivity contribution >= 4 is 44.1 Å². The second-order valence-electron chi connectivity index (χ2n) is 10.1. The van der Waals surface area contributed by atoms with Crippen LogP contribution in [0.4, 0.5) is 5.13 Å². The fourth-order valence-corrected chi connectivity index (χ4v) is 6.33. The number of ether oxygens (including phenoxy) is 2. The molecule has 1 amide bonds. The number of anilines is 1. The van der Waals surface area contributed by atoms with Gasteiger partial charge in [0.25, 0.3) is 5.91 Å². The van der Waals surface area contributed by atoms with Gasteiger partial charge in [0.1, 0.15) is 5.78 Å². The Balaban J connectivity index is 1.64. The van der Waals surface area contributed by atoms with Gasteiger partial charge in [-0.05, 0) is 37.0 Å². The average molecular weight is 504 g/mol. The topological polar surface area (TPSA) is 89.9 Å². The van der Waals surface area contributed by atoms with Crippen LogP contribution >= 0.6 is 11.3 Å². The minimum absolute atomic E-state index is 0.0812. The lowest BCUT2D eigenvalue weighted by molar-refractivity contribution is -0.124. The summed E-state index contributed by atoms with van der Waals surface area (Å²) in [6.45, 7) is 6.00. The van der Waals surface area contributed by atoms with Crippen molar-refractivity contribution in [1.82, 2.24) is 4.98 Å². The van der Waals surface area contributed by atoms with Gasteiger partial charge in [-0.3, -0.25) is 19.9 Å². The first-order chi connectivity index (χ1) is 17.2. The fraction of sp³-hybridized carbons (Fsp3) is 0.357. The number of thiazole rings is 1. The molecule has 1 fully saturated rings. The molecular formula is C28H29N3O4S. The minimum atomic E-state index is -0.555. The number of methoxy groups -OCH3 is 2. The maximum atomic E-state index is 13.8. The molecule has 1 saturated carbocycles. The summed E-state index contributed by atoms with van der Waals surface area (Å²) in [5, 5.41) is 3.49. The molecule has 186 valence electrons. The highest BCUT2D eigenvalue weighted by Crippen LogP contribution is 2.50. The van der Waals surface area contributed by atoms with Gasteiger partial charge in [0.05, 0.1) is 30.4 Å². The number of rotatable bonds is 5. The molecular weight excluding hydrogens is 474 g/mol. The molecule has 36 heavy (non-hydrogen) atoms. The van der Waals surface area contributed by atoms with Crippen LogP contribution < -0.4 is 14.8 Å². The molecule has 2 heterocycles. The monoisotopic (exact) mass is 503 g/mol. The van der Waals surface area contributed by atoms with E-state index in [1.807, 2.05) is 49.4 Å². The number of aromatic nitrogens is 1. The quantitative estimate of drug-likeness (QED) is 0.477. The molecule has 0 bridgehead atoms. The Bertz CT molecular complexity index is 1400. The summed E-state index contributed by atoms with van der Waals surface area (Å²) in [5.74, 6) is -0.271. The smallest absolute Gasteiger partial charge is 0.255 e. The van der Waals surface area contributed by atoms with Crippen LogP contribution in [0.25, 0.3) is 10.2 Å². The molecule has 1 N–H and O–H groups in total. The molecule has 1 aromatic heterocycles. The zero-order valence-electron chi connectivity index (χ0n) is 21.0. The lowest BCUT2D eigenvalue weighted by Crippen LogP contribution is -2.44. The summed E-state index contributed by atoms with van der Waals surface area (Å²) in [6.07, 6.45) is 1.11. The fourth-order valence-electron chi connectivity index (χ4n) is 5.47. The summed E-state index contributed by atoms with van der Waals surface area (Å²) in [4.78, 5) is 36.9. The number of Topliss-reactive ketones (excluding diaryl/α,β-unsaturated/α-hetero) is 1. The van der Waals surface area contributed by atoms with E-state index in [2.05, 4.69) is 24.1 Å². The number of benzene rings is 2. The molecule has 2 aromatic carbocycles. The third-order valence-electron chi connectivity index (χ3n) is 6.89. The maximum Gasteiger partial charge on any atom is 0.255 e. The number of hydrogen-bond donors (Lipinski definition) is 1. The van der Waals surface area contributed by atoms with Crippen LogP contribution in [-0.4, -0.2) is 36.6 Å². The van der Waals surface area contributed by atoms with Gasteiger partial charge in [0.2, 0.25) is 0 Å². The Morgan fingerprint density at radius 3 is 2.56 bits per heavy atom.